The average molecular weight is 396 g/mol. The van der Waals surface area contributed by atoms with E-state index in [1.807, 2.05) is 33.9 Å². The van der Waals surface area contributed by atoms with Crippen molar-refractivity contribution in [1.82, 2.24) is 15.0 Å². The van der Waals surface area contributed by atoms with E-state index in [4.69, 9.17) is 4.52 Å². The van der Waals surface area contributed by atoms with E-state index in [0.717, 1.165) is 36.2 Å². The van der Waals surface area contributed by atoms with Gasteiger partial charge < -0.3 is 14.7 Å². The maximum Gasteiger partial charge on any atom is 0.254 e. The molecule has 0 spiro atoms. The van der Waals surface area contributed by atoms with Gasteiger partial charge in [0.25, 0.3) is 5.91 Å². The van der Waals surface area contributed by atoms with Gasteiger partial charge in [0.2, 0.25) is 17.6 Å². The number of hydrogen-bond acceptors (Lipinski definition) is 6. The number of carbonyl (C=O) groups is 2. The molecule has 4 rings (SSSR count). The summed E-state index contributed by atoms with van der Waals surface area (Å²) >= 11 is 1.52. The minimum atomic E-state index is -0.117. The molecule has 1 atom stereocenters. The fraction of sp³-hybridized carbons (Fsp3) is 0.300. The molecular formula is C20H20N4O3S. The molecule has 1 fully saturated rings. The Bertz CT molecular complexity index is 966. The predicted molar refractivity (Wildman–Crippen MR) is 106 cm³/mol. The van der Waals surface area contributed by atoms with Gasteiger partial charge in [-0.15, -0.1) is 0 Å². The van der Waals surface area contributed by atoms with Crippen molar-refractivity contribution in [3.63, 3.8) is 0 Å². The third kappa shape index (κ3) is 3.96. The van der Waals surface area contributed by atoms with Crippen LogP contribution in [0, 0.1) is 0 Å². The summed E-state index contributed by atoms with van der Waals surface area (Å²) in [5.74, 6) is 1.04. The van der Waals surface area contributed by atoms with Crippen LogP contribution in [0.5, 0.6) is 0 Å². The van der Waals surface area contributed by atoms with Gasteiger partial charge in [0.1, 0.15) is 0 Å². The number of rotatable bonds is 4. The SMILES string of the molecule is CC(=O)Nc1ccc(-c2noc([C@@H]3CCCN(C(=O)c4ccsc4)C3)n2)cc1. The largest absolute Gasteiger partial charge is 0.339 e. The Kier molecular flexibility index (Phi) is 5.21. The van der Waals surface area contributed by atoms with Crippen LogP contribution in [-0.2, 0) is 4.79 Å². The Morgan fingerprint density at radius 2 is 2.07 bits per heavy atom. The topological polar surface area (TPSA) is 88.3 Å². The molecule has 2 aromatic heterocycles. The highest BCUT2D eigenvalue weighted by Gasteiger charge is 2.29. The van der Waals surface area contributed by atoms with Crippen LogP contribution in [0.15, 0.2) is 45.6 Å². The molecule has 1 aliphatic rings. The number of benzene rings is 1. The first-order valence-electron chi connectivity index (χ1n) is 9.13. The molecule has 1 N–H and O–H groups in total. The van der Waals surface area contributed by atoms with Crippen molar-refractivity contribution in [2.75, 3.05) is 18.4 Å². The van der Waals surface area contributed by atoms with Crippen molar-refractivity contribution in [3.05, 3.63) is 52.5 Å². The Morgan fingerprint density at radius 3 is 2.79 bits per heavy atom. The molecule has 28 heavy (non-hydrogen) atoms. The monoisotopic (exact) mass is 396 g/mol. The van der Waals surface area contributed by atoms with Crippen LogP contribution in [0.2, 0.25) is 0 Å². The number of hydrogen-bond donors (Lipinski definition) is 1. The number of nitrogens with one attached hydrogen (secondary N) is 1. The van der Waals surface area contributed by atoms with E-state index < -0.39 is 0 Å². The molecule has 0 aliphatic carbocycles. The zero-order chi connectivity index (χ0) is 19.5. The molecule has 7 nitrogen and oxygen atoms in total. The number of likely N-dealkylation sites (tertiary alicyclic amines) is 1. The lowest BCUT2D eigenvalue weighted by molar-refractivity contribution is -0.114. The van der Waals surface area contributed by atoms with Gasteiger partial charge in [0.15, 0.2) is 0 Å². The van der Waals surface area contributed by atoms with Gasteiger partial charge in [0.05, 0.1) is 11.5 Å². The lowest BCUT2D eigenvalue weighted by Crippen LogP contribution is -2.39. The molecule has 0 saturated carbocycles. The van der Waals surface area contributed by atoms with Crippen molar-refractivity contribution in [2.45, 2.75) is 25.7 Å². The summed E-state index contributed by atoms with van der Waals surface area (Å²) in [5, 5.41) is 10.6. The molecule has 2 amide bonds. The first-order valence-corrected chi connectivity index (χ1v) is 10.1. The van der Waals surface area contributed by atoms with Gasteiger partial charge in [-0.3, -0.25) is 9.59 Å². The van der Waals surface area contributed by atoms with Crippen molar-refractivity contribution in [3.8, 4) is 11.4 Å². The zero-order valence-corrected chi connectivity index (χ0v) is 16.2. The molecule has 1 aliphatic heterocycles. The first kappa shape index (κ1) is 18.4. The molecule has 1 aromatic carbocycles. The van der Waals surface area contributed by atoms with E-state index in [2.05, 4.69) is 15.5 Å². The van der Waals surface area contributed by atoms with Crippen molar-refractivity contribution in [1.29, 1.82) is 0 Å². The molecule has 3 heterocycles. The Morgan fingerprint density at radius 1 is 1.25 bits per heavy atom. The summed E-state index contributed by atoms with van der Waals surface area (Å²) in [6.45, 7) is 2.80. The summed E-state index contributed by atoms with van der Waals surface area (Å²) in [4.78, 5) is 30.1. The summed E-state index contributed by atoms with van der Waals surface area (Å²) in [6.07, 6.45) is 1.82. The van der Waals surface area contributed by atoms with Crippen LogP contribution in [0.1, 0.15) is 41.9 Å². The number of amides is 2. The van der Waals surface area contributed by atoms with E-state index in [-0.39, 0.29) is 17.7 Å². The first-order chi connectivity index (χ1) is 13.6. The highest BCUT2D eigenvalue weighted by atomic mass is 32.1. The van der Waals surface area contributed by atoms with Crippen LogP contribution in [-0.4, -0.2) is 39.9 Å². The van der Waals surface area contributed by atoms with E-state index in [9.17, 15) is 9.59 Å². The maximum absolute atomic E-state index is 12.6. The smallest absolute Gasteiger partial charge is 0.254 e. The van der Waals surface area contributed by atoms with Crippen molar-refractivity contribution >= 4 is 28.8 Å². The van der Waals surface area contributed by atoms with Gasteiger partial charge >= 0.3 is 0 Å². The second-order valence-electron chi connectivity index (χ2n) is 6.82. The summed E-state index contributed by atoms with van der Waals surface area (Å²) in [5.41, 5.74) is 2.26. The maximum atomic E-state index is 12.6. The number of thiophene rings is 1. The van der Waals surface area contributed by atoms with Crippen molar-refractivity contribution in [2.24, 2.45) is 0 Å². The number of anilines is 1. The molecule has 3 aromatic rings. The molecule has 0 radical (unpaired) electrons. The zero-order valence-electron chi connectivity index (χ0n) is 15.4. The number of nitrogens with zero attached hydrogens (tertiary/aromatic N) is 3. The molecule has 1 saturated heterocycles. The van der Waals surface area contributed by atoms with Gasteiger partial charge in [-0.2, -0.15) is 16.3 Å². The lowest BCUT2D eigenvalue weighted by atomic mass is 9.97. The normalized spacial score (nSPS) is 16.8. The number of carbonyl (C=O) groups excluding carboxylic acids is 2. The minimum Gasteiger partial charge on any atom is -0.339 e. The fourth-order valence-electron chi connectivity index (χ4n) is 3.36. The Labute approximate surface area is 166 Å². The number of piperidine rings is 1. The van der Waals surface area contributed by atoms with Gasteiger partial charge in [-0.1, -0.05) is 5.16 Å². The van der Waals surface area contributed by atoms with E-state index in [0.29, 0.717) is 18.3 Å². The highest BCUT2D eigenvalue weighted by Crippen LogP contribution is 2.29. The lowest BCUT2D eigenvalue weighted by Gasteiger charge is -2.30. The van der Waals surface area contributed by atoms with Crippen LogP contribution in [0.4, 0.5) is 5.69 Å². The molecular weight excluding hydrogens is 376 g/mol. The minimum absolute atomic E-state index is 0.0382. The molecule has 0 unspecified atom stereocenters. The van der Waals surface area contributed by atoms with E-state index in [1.54, 1.807) is 12.1 Å². The van der Waals surface area contributed by atoms with E-state index in [1.165, 1.54) is 18.3 Å². The second kappa shape index (κ2) is 7.93. The highest BCUT2D eigenvalue weighted by molar-refractivity contribution is 7.08. The van der Waals surface area contributed by atoms with Crippen LogP contribution < -0.4 is 5.32 Å². The average Bonchev–Trinajstić information content (AvgIpc) is 3.40. The third-order valence-electron chi connectivity index (χ3n) is 4.73. The second-order valence-corrected chi connectivity index (χ2v) is 7.60. The standard InChI is InChI=1S/C20H20N4O3S/c1-13(25)21-17-6-4-14(5-7-17)18-22-19(27-23-18)15-3-2-9-24(11-15)20(26)16-8-10-28-12-16/h4-8,10,12,15H,2-3,9,11H2,1H3,(H,21,25)/t15-/m1/s1. The Balaban J connectivity index is 1.46. The Hall–Kier alpha value is -3.00. The summed E-state index contributed by atoms with van der Waals surface area (Å²) in [7, 11) is 0. The van der Waals surface area contributed by atoms with E-state index >= 15 is 0 Å². The van der Waals surface area contributed by atoms with Crippen molar-refractivity contribution < 1.29 is 14.1 Å². The van der Waals surface area contributed by atoms with Crippen LogP contribution in [0.25, 0.3) is 11.4 Å². The summed E-state index contributed by atoms with van der Waals surface area (Å²) in [6, 6.07) is 9.13. The number of aromatic nitrogens is 2. The summed E-state index contributed by atoms with van der Waals surface area (Å²) < 4.78 is 5.51. The molecule has 0 bridgehead atoms. The third-order valence-corrected chi connectivity index (χ3v) is 5.41. The quantitative estimate of drug-likeness (QED) is 0.725. The van der Waals surface area contributed by atoms with Crippen LogP contribution >= 0.6 is 11.3 Å². The van der Waals surface area contributed by atoms with Gasteiger partial charge in [0, 0.05) is 36.6 Å². The fourth-order valence-corrected chi connectivity index (χ4v) is 3.99. The molecule has 8 heteroatoms. The predicted octanol–water partition coefficient (Wildman–Crippen LogP) is 3.78. The molecule has 144 valence electrons. The van der Waals surface area contributed by atoms with Crippen LogP contribution in [0.3, 0.4) is 0 Å². The van der Waals surface area contributed by atoms with Gasteiger partial charge in [-0.25, -0.2) is 0 Å². The van der Waals surface area contributed by atoms with Gasteiger partial charge in [-0.05, 0) is 48.6 Å².